The number of rotatable bonds is 14. The molecule has 0 aliphatic carbocycles. The second-order valence-electron chi connectivity index (χ2n) is 7.52. The summed E-state index contributed by atoms with van der Waals surface area (Å²) in [4.78, 5) is 11.5. The minimum absolute atomic E-state index is 0.113. The molecule has 4 heteroatoms. The lowest BCUT2D eigenvalue weighted by Crippen LogP contribution is -2.22. The highest BCUT2D eigenvalue weighted by Gasteiger charge is 2.11. The number of hydrogen-bond donors (Lipinski definition) is 2. The van der Waals surface area contributed by atoms with Crippen molar-refractivity contribution in [3.63, 3.8) is 0 Å². The number of aliphatic hydroxyl groups is 2. The molecule has 0 radical (unpaired) electrons. The average Bonchev–Trinajstić information content (AvgIpc) is 2.50. The first-order valence-electron chi connectivity index (χ1n) is 9.29. The normalized spacial score (nSPS) is 15.4. The third-order valence-corrected chi connectivity index (χ3v) is 4.36. The Morgan fingerprint density at radius 2 is 1.43 bits per heavy atom. The zero-order valence-corrected chi connectivity index (χ0v) is 15.6. The minimum Gasteiger partial charge on any atom is -0.463 e. The number of aliphatic hydroxyl groups excluding tert-OH is 2. The van der Waals surface area contributed by atoms with Gasteiger partial charge in [0.2, 0.25) is 0 Å². The van der Waals surface area contributed by atoms with Gasteiger partial charge in [-0.05, 0) is 24.2 Å². The Bertz CT molecular complexity index is 291. The van der Waals surface area contributed by atoms with Gasteiger partial charge in [-0.2, -0.15) is 0 Å². The summed E-state index contributed by atoms with van der Waals surface area (Å²) >= 11 is 0. The fourth-order valence-electron chi connectivity index (χ4n) is 2.66. The van der Waals surface area contributed by atoms with E-state index in [1.54, 1.807) is 0 Å². The Kier molecular flexibility index (Phi) is 13.4. The fourth-order valence-corrected chi connectivity index (χ4v) is 2.66. The van der Waals surface area contributed by atoms with Crippen LogP contribution in [0, 0.1) is 17.8 Å². The van der Waals surface area contributed by atoms with Gasteiger partial charge in [0, 0.05) is 6.42 Å². The highest BCUT2D eigenvalue weighted by Crippen LogP contribution is 2.21. The van der Waals surface area contributed by atoms with Crippen LogP contribution in [0.5, 0.6) is 0 Å². The van der Waals surface area contributed by atoms with Gasteiger partial charge in [-0.15, -0.1) is 0 Å². The van der Waals surface area contributed by atoms with Crippen molar-refractivity contribution < 1.29 is 19.7 Å². The molecule has 23 heavy (non-hydrogen) atoms. The van der Waals surface area contributed by atoms with E-state index in [-0.39, 0.29) is 19.2 Å². The highest BCUT2D eigenvalue weighted by atomic mass is 16.5. The lowest BCUT2D eigenvalue weighted by molar-refractivity contribution is -0.147. The zero-order chi connectivity index (χ0) is 17.7. The topological polar surface area (TPSA) is 66.8 Å². The molecule has 0 spiro atoms. The summed E-state index contributed by atoms with van der Waals surface area (Å²) in [5.74, 6) is 1.84. The van der Waals surface area contributed by atoms with Crippen LogP contribution in [0.25, 0.3) is 0 Å². The number of carbonyl (C=O) groups excluding carboxylic acids is 1. The van der Waals surface area contributed by atoms with Crippen LogP contribution >= 0.6 is 0 Å². The van der Waals surface area contributed by atoms with Gasteiger partial charge in [-0.1, -0.05) is 66.2 Å². The molecular formula is C19H38O4. The van der Waals surface area contributed by atoms with Crippen molar-refractivity contribution in [2.24, 2.45) is 17.8 Å². The highest BCUT2D eigenvalue weighted by molar-refractivity contribution is 5.69. The lowest BCUT2D eigenvalue weighted by atomic mass is 9.92. The molecule has 0 amide bonds. The van der Waals surface area contributed by atoms with Gasteiger partial charge in [0.1, 0.15) is 12.7 Å². The molecule has 3 unspecified atom stereocenters. The van der Waals surface area contributed by atoms with E-state index in [2.05, 4.69) is 27.7 Å². The summed E-state index contributed by atoms with van der Waals surface area (Å²) in [6.07, 6.45) is 7.89. The summed E-state index contributed by atoms with van der Waals surface area (Å²) in [6, 6.07) is 0. The number of esters is 1. The van der Waals surface area contributed by atoms with E-state index in [0.717, 1.165) is 24.7 Å². The summed E-state index contributed by atoms with van der Waals surface area (Å²) in [5, 5.41) is 17.8. The molecule has 2 N–H and O–H groups in total. The van der Waals surface area contributed by atoms with Gasteiger partial charge < -0.3 is 14.9 Å². The van der Waals surface area contributed by atoms with E-state index < -0.39 is 6.10 Å². The first-order chi connectivity index (χ1) is 10.8. The molecule has 0 saturated heterocycles. The smallest absolute Gasteiger partial charge is 0.305 e. The van der Waals surface area contributed by atoms with E-state index >= 15 is 0 Å². The second-order valence-corrected chi connectivity index (χ2v) is 7.52. The van der Waals surface area contributed by atoms with E-state index in [1.807, 2.05) is 0 Å². The van der Waals surface area contributed by atoms with Gasteiger partial charge >= 0.3 is 5.97 Å². The lowest BCUT2D eigenvalue weighted by Gasteiger charge is -2.15. The summed E-state index contributed by atoms with van der Waals surface area (Å²) in [6.45, 7) is 8.59. The van der Waals surface area contributed by atoms with Gasteiger partial charge in [0.25, 0.3) is 0 Å². The molecule has 0 heterocycles. The van der Waals surface area contributed by atoms with Crippen molar-refractivity contribution in [3.8, 4) is 0 Å². The Balaban J connectivity index is 3.59. The molecule has 0 aromatic carbocycles. The zero-order valence-electron chi connectivity index (χ0n) is 15.6. The van der Waals surface area contributed by atoms with Crippen LogP contribution in [0.2, 0.25) is 0 Å². The van der Waals surface area contributed by atoms with Crippen molar-refractivity contribution in [1.29, 1.82) is 0 Å². The van der Waals surface area contributed by atoms with Crippen molar-refractivity contribution in [2.75, 3.05) is 13.2 Å². The van der Waals surface area contributed by atoms with E-state index in [1.165, 1.54) is 32.1 Å². The Labute approximate surface area is 142 Å². The maximum absolute atomic E-state index is 11.5. The summed E-state index contributed by atoms with van der Waals surface area (Å²) in [5.41, 5.74) is 0. The van der Waals surface area contributed by atoms with Crippen molar-refractivity contribution in [3.05, 3.63) is 0 Å². The van der Waals surface area contributed by atoms with Gasteiger partial charge in [0.15, 0.2) is 0 Å². The third kappa shape index (κ3) is 14.7. The monoisotopic (exact) mass is 330 g/mol. The van der Waals surface area contributed by atoms with Crippen molar-refractivity contribution >= 4 is 5.97 Å². The number of ether oxygens (including phenoxy) is 1. The molecule has 0 aliphatic heterocycles. The molecule has 0 rings (SSSR count). The first kappa shape index (κ1) is 22.4. The average molecular weight is 331 g/mol. The molecule has 0 bridgehead atoms. The van der Waals surface area contributed by atoms with Crippen LogP contribution in [-0.2, 0) is 9.53 Å². The molecule has 0 fully saturated rings. The molecule has 3 atom stereocenters. The molecule has 138 valence electrons. The van der Waals surface area contributed by atoms with Gasteiger partial charge in [-0.25, -0.2) is 0 Å². The predicted octanol–water partition coefficient (Wildman–Crippen LogP) is 3.93. The van der Waals surface area contributed by atoms with Crippen LogP contribution in [0.4, 0.5) is 0 Å². The van der Waals surface area contributed by atoms with Crippen LogP contribution in [0.1, 0.15) is 79.1 Å². The van der Waals surface area contributed by atoms with Crippen LogP contribution < -0.4 is 0 Å². The van der Waals surface area contributed by atoms with E-state index in [9.17, 15) is 4.79 Å². The molecular weight excluding hydrogens is 292 g/mol. The predicted molar refractivity (Wildman–Crippen MR) is 94.2 cm³/mol. The maximum Gasteiger partial charge on any atom is 0.305 e. The second kappa shape index (κ2) is 13.8. The Morgan fingerprint density at radius 3 is 1.96 bits per heavy atom. The van der Waals surface area contributed by atoms with Crippen molar-refractivity contribution in [1.82, 2.24) is 0 Å². The summed E-state index contributed by atoms with van der Waals surface area (Å²) < 4.78 is 4.90. The molecule has 0 aromatic heterocycles. The SMILES string of the molecule is CC(C)CCCC(C)CCCC(C)CCC(=O)OCC(O)CO. The van der Waals surface area contributed by atoms with Crippen LogP contribution in [0.3, 0.4) is 0 Å². The van der Waals surface area contributed by atoms with Gasteiger partial charge in [0.05, 0.1) is 6.61 Å². The number of carbonyl (C=O) groups is 1. The first-order valence-corrected chi connectivity index (χ1v) is 9.29. The maximum atomic E-state index is 11.5. The molecule has 0 saturated carbocycles. The molecule has 0 aromatic rings. The van der Waals surface area contributed by atoms with Crippen molar-refractivity contribution in [2.45, 2.75) is 85.2 Å². The Hall–Kier alpha value is -0.610. The number of hydrogen-bond acceptors (Lipinski definition) is 4. The van der Waals surface area contributed by atoms with Crippen LogP contribution in [-0.4, -0.2) is 35.5 Å². The molecule has 0 aliphatic rings. The Morgan fingerprint density at radius 1 is 0.913 bits per heavy atom. The standard InChI is InChI=1S/C19H38O4/c1-15(2)7-5-8-16(3)9-6-10-17(4)11-12-19(22)23-14-18(21)13-20/h15-18,20-21H,5-14H2,1-4H3. The van der Waals surface area contributed by atoms with E-state index in [4.69, 9.17) is 14.9 Å². The largest absolute Gasteiger partial charge is 0.463 e. The molecule has 4 nitrogen and oxygen atoms in total. The van der Waals surface area contributed by atoms with E-state index in [0.29, 0.717) is 12.3 Å². The summed E-state index contributed by atoms with van der Waals surface area (Å²) in [7, 11) is 0. The minimum atomic E-state index is -0.964. The third-order valence-electron chi connectivity index (χ3n) is 4.36. The quantitative estimate of drug-likeness (QED) is 0.474. The fraction of sp³-hybridized carbons (Fsp3) is 0.947. The van der Waals surface area contributed by atoms with Gasteiger partial charge in [-0.3, -0.25) is 4.79 Å². The van der Waals surface area contributed by atoms with Crippen LogP contribution in [0.15, 0.2) is 0 Å².